The molecule has 0 unspecified atom stereocenters. The van der Waals surface area contributed by atoms with Crippen molar-refractivity contribution >= 4 is 17.9 Å². The van der Waals surface area contributed by atoms with E-state index in [2.05, 4.69) is 13.8 Å². The van der Waals surface area contributed by atoms with E-state index in [1.54, 1.807) is 24.3 Å². The second-order valence-corrected chi connectivity index (χ2v) is 15.5. The van der Waals surface area contributed by atoms with Gasteiger partial charge in [0.15, 0.2) is 6.23 Å². The number of amides is 3. The highest BCUT2D eigenvalue weighted by molar-refractivity contribution is 5.93. The van der Waals surface area contributed by atoms with Crippen molar-refractivity contribution in [2.24, 2.45) is 5.73 Å². The summed E-state index contributed by atoms with van der Waals surface area (Å²) in [6, 6.07) is 7.43. The smallest absolute Gasteiger partial charge is 0.417 e. The van der Waals surface area contributed by atoms with Crippen LogP contribution in [0.1, 0.15) is 174 Å². The average Bonchev–Trinajstić information content (AvgIpc) is 3.20. The number of carbonyl (C=O) groups is 3. The van der Waals surface area contributed by atoms with Crippen LogP contribution < -0.4 is 5.73 Å². The molecule has 0 aromatic heterocycles. The van der Waals surface area contributed by atoms with Crippen molar-refractivity contribution < 1.29 is 39.2 Å². The molecule has 5 atom stereocenters. The van der Waals surface area contributed by atoms with Crippen LogP contribution in [0.5, 0.6) is 0 Å². The summed E-state index contributed by atoms with van der Waals surface area (Å²) in [4.78, 5) is 43.3. The summed E-state index contributed by atoms with van der Waals surface area (Å²) in [6.45, 7) is 3.35. The topological polar surface area (TPSA) is 163 Å². The molecule has 1 aromatic rings. The Balaban J connectivity index is 2.14. The van der Waals surface area contributed by atoms with Gasteiger partial charge in [0.2, 0.25) is 11.8 Å². The van der Waals surface area contributed by atoms with E-state index >= 15 is 0 Å². The zero-order chi connectivity index (χ0) is 40.1. The molecule has 11 heteroatoms. The van der Waals surface area contributed by atoms with Gasteiger partial charge >= 0.3 is 6.09 Å². The number of imide groups is 1. The summed E-state index contributed by atoms with van der Waals surface area (Å²) in [6.07, 6.45) is 19.6. The standard InChI is InChI=1S/C44H77N3O8/c1-3-5-7-9-11-13-14-15-16-17-19-21-23-28-32-46(38(49)31-27-22-20-18-12-10-8-6-4-2)43-40(42(52)41(51)37(34-48)55-43)47(39(50)33-45)44(53)54-35-36-29-25-24-26-30-36/h24-26,29-30,37,40-43,48,51-52H,3-23,27-28,31-35,45H2,1-2H3/t37-,40-,41-,42-,43-/m1/s1. The van der Waals surface area contributed by atoms with Gasteiger partial charge in [-0.25, -0.2) is 9.69 Å². The minimum atomic E-state index is -1.74. The maximum absolute atomic E-state index is 14.1. The van der Waals surface area contributed by atoms with Crippen LogP contribution in [0.15, 0.2) is 30.3 Å². The first-order valence-electron chi connectivity index (χ1n) is 21.9. The van der Waals surface area contributed by atoms with Crippen molar-refractivity contribution in [1.29, 1.82) is 0 Å². The summed E-state index contributed by atoms with van der Waals surface area (Å²) in [5.41, 5.74) is 6.45. The van der Waals surface area contributed by atoms with Gasteiger partial charge in [0, 0.05) is 13.0 Å². The molecule has 1 aliphatic rings. The Morgan fingerprint density at radius 1 is 0.673 bits per heavy atom. The summed E-state index contributed by atoms with van der Waals surface area (Å²) >= 11 is 0. The lowest BCUT2D eigenvalue weighted by Crippen LogP contribution is -2.70. The third-order valence-electron chi connectivity index (χ3n) is 10.9. The van der Waals surface area contributed by atoms with Crippen LogP contribution >= 0.6 is 0 Å². The highest BCUT2D eigenvalue weighted by Crippen LogP contribution is 2.30. The first-order chi connectivity index (χ1) is 26.8. The predicted molar refractivity (Wildman–Crippen MR) is 218 cm³/mol. The van der Waals surface area contributed by atoms with Crippen LogP contribution in [-0.4, -0.2) is 93.3 Å². The molecule has 55 heavy (non-hydrogen) atoms. The molecule has 0 saturated carbocycles. The van der Waals surface area contributed by atoms with Crippen molar-refractivity contribution in [3.63, 3.8) is 0 Å². The molecule has 1 aliphatic heterocycles. The third-order valence-corrected chi connectivity index (χ3v) is 10.9. The van der Waals surface area contributed by atoms with Crippen molar-refractivity contribution in [1.82, 2.24) is 9.80 Å². The number of nitrogens with zero attached hydrogens (tertiary/aromatic N) is 2. The number of carbonyl (C=O) groups excluding carboxylic acids is 3. The fourth-order valence-electron chi connectivity index (χ4n) is 7.50. The Morgan fingerprint density at radius 2 is 1.15 bits per heavy atom. The van der Waals surface area contributed by atoms with E-state index < -0.39 is 55.7 Å². The number of hydrogen-bond donors (Lipinski definition) is 4. The van der Waals surface area contributed by atoms with E-state index in [9.17, 15) is 29.7 Å². The largest absolute Gasteiger partial charge is 0.444 e. The summed E-state index contributed by atoms with van der Waals surface area (Å²) < 4.78 is 11.7. The SMILES string of the molecule is CCCCCCCCCCCCCCCCN(C(=O)CCCCCCCCCCC)[C@@H]1O[C@H](CO)[C@@H](O)[C@H](O)[C@H]1N(C(=O)CN)C(=O)OCc1ccccc1. The number of benzene rings is 1. The zero-order valence-corrected chi connectivity index (χ0v) is 34.4. The molecule has 2 rings (SSSR count). The Hall–Kier alpha value is -2.57. The van der Waals surface area contributed by atoms with Crippen LogP contribution in [-0.2, 0) is 25.7 Å². The molecule has 0 radical (unpaired) electrons. The average molecular weight is 776 g/mol. The van der Waals surface area contributed by atoms with E-state index in [0.717, 1.165) is 38.5 Å². The van der Waals surface area contributed by atoms with Gasteiger partial charge in [0.25, 0.3) is 0 Å². The van der Waals surface area contributed by atoms with Gasteiger partial charge in [0.05, 0.1) is 13.2 Å². The van der Waals surface area contributed by atoms with Crippen LogP contribution in [0.25, 0.3) is 0 Å². The molecule has 0 spiro atoms. The van der Waals surface area contributed by atoms with Gasteiger partial charge < -0.3 is 35.4 Å². The molecule has 5 N–H and O–H groups in total. The van der Waals surface area contributed by atoms with Crippen molar-refractivity contribution in [3.8, 4) is 0 Å². The van der Waals surface area contributed by atoms with Gasteiger partial charge in [-0.2, -0.15) is 0 Å². The van der Waals surface area contributed by atoms with Gasteiger partial charge in [-0.05, 0) is 18.4 Å². The lowest BCUT2D eigenvalue weighted by atomic mass is 9.93. The summed E-state index contributed by atoms with van der Waals surface area (Å²) in [5.74, 6) is -1.08. The first-order valence-corrected chi connectivity index (χ1v) is 21.9. The van der Waals surface area contributed by atoms with E-state index in [0.29, 0.717) is 23.3 Å². The van der Waals surface area contributed by atoms with E-state index in [-0.39, 0.29) is 25.5 Å². The molecule has 1 saturated heterocycles. The lowest BCUT2D eigenvalue weighted by molar-refractivity contribution is -0.244. The zero-order valence-electron chi connectivity index (χ0n) is 34.4. The van der Waals surface area contributed by atoms with Crippen LogP contribution in [0.2, 0.25) is 0 Å². The second kappa shape index (κ2) is 30.6. The molecule has 0 bridgehead atoms. The van der Waals surface area contributed by atoms with Gasteiger partial charge in [0.1, 0.15) is 31.0 Å². The molecular formula is C44H77N3O8. The quantitative estimate of drug-likeness (QED) is 0.0546. The predicted octanol–water partition coefficient (Wildman–Crippen LogP) is 8.15. The van der Waals surface area contributed by atoms with Crippen LogP contribution in [0.4, 0.5) is 4.79 Å². The van der Waals surface area contributed by atoms with E-state index in [1.807, 2.05) is 6.07 Å². The number of ether oxygens (including phenoxy) is 2. The number of unbranched alkanes of at least 4 members (excludes halogenated alkanes) is 21. The van der Waals surface area contributed by atoms with Gasteiger partial charge in [-0.3, -0.25) is 9.59 Å². The van der Waals surface area contributed by atoms with Crippen LogP contribution in [0.3, 0.4) is 0 Å². The van der Waals surface area contributed by atoms with Gasteiger partial charge in [-0.15, -0.1) is 0 Å². The Morgan fingerprint density at radius 3 is 1.62 bits per heavy atom. The van der Waals surface area contributed by atoms with Gasteiger partial charge in [-0.1, -0.05) is 179 Å². The minimum absolute atomic E-state index is 0.148. The summed E-state index contributed by atoms with van der Waals surface area (Å²) in [7, 11) is 0. The molecule has 11 nitrogen and oxygen atoms in total. The molecule has 1 heterocycles. The lowest BCUT2D eigenvalue weighted by Gasteiger charge is -2.49. The molecule has 1 aromatic carbocycles. The number of rotatable bonds is 31. The van der Waals surface area contributed by atoms with E-state index in [4.69, 9.17) is 15.2 Å². The van der Waals surface area contributed by atoms with Crippen LogP contribution in [0, 0.1) is 0 Å². The number of aliphatic hydroxyl groups excluding tert-OH is 3. The number of nitrogens with two attached hydrogens (primary N) is 1. The highest BCUT2D eigenvalue weighted by atomic mass is 16.6. The monoisotopic (exact) mass is 776 g/mol. The van der Waals surface area contributed by atoms with Crippen molar-refractivity contribution in [2.75, 3.05) is 19.7 Å². The molecule has 1 fully saturated rings. The maximum atomic E-state index is 14.1. The van der Waals surface area contributed by atoms with Crippen molar-refractivity contribution in [2.45, 2.75) is 205 Å². The molecule has 316 valence electrons. The molecule has 0 aliphatic carbocycles. The Bertz CT molecular complexity index is 1140. The molecule has 3 amide bonds. The number of aliphatic hydroxyl groups is 3. The van der Waals surface area contributed by atoms with E-state index in [1.165, 1.54) is 101 Å². The maximum Gasteiger partial charge on any atom is 0.417 e. The Labute approximate surface area is 332 Å². The fourth-order valence-corrected chi connectivity index (χ4v) is 7.50. The third kappa shape index (κ3) is 19.0. The Kier molecular flexibility index (Phi) is 27.0. The first kappa shape index (κ1) is 48.6. The highest BCUT2D eigenvalue weighted by Gasteiger charge is 2.53. The summed E-state index contributed by atoms with van der Waals surface area (Å²) in [5, 5.41) is 32.6. The van der Waals surface area contributed by atoms with Crippen molar-refractivity contribution in [3.05, 3.63) is 35.9 Å². The second-order valence-electron chi connectivity index (χ2n) is 15.5. The fraction of sp³-hybridized carbons (Fsp3) is 0.795. The number of hydrogen-bond acceptors (Lipinski definition) is 9. The molecular weight excluding hydrogens is 698 g/mol. The normalized spacial score (nSPS) is 19.6. The minimum Gasteiger partial charge on any atom is -0.444 e.